The molecule has 0 aliphatic heterocycles. The number of aromatic amines is 1. The van der Waals surface area contributed by atoms with Crippen LogP contribution < -0.4 is 4.74 Å². The number of aromatic nitrogens is 2. The van der Waals surface area contributed by atoms with Crippen LogP contribution in [0.4, 0.5) is 0 Å². The normalized spacial score (nSPS) is 10.6. The van der Waals surface area contributed by atoms with Crippen molar-refractivity contribution < 1.29 is 4.74 Å². The zero-order valence-corrected chi connectivity index (χ0v) is 13.7. The van der Waals surface area contributed by atoms with Crippen LogP contribution in [-0.4, -0.2) is 16.6 Å². The molecule has 0 fully saturated rings. The van der Waals surface area contributed by atoms with Gasteiger partial charge in [0.2, 0.25) is 0 Å². The van der Waals surface area contributed by atoms with Gasteiger partial charge in [0.05, 0.1) is 6.61 Å². The van der Waals surface area contributed by atoms with E-state index in [2.05, 4.69) is 50.2 Å². The van der Waals surface area contributed by atoms with E-state index in [1.807, 2.05) is 36.5 Å². The number of H-pyrrole nitrogens is 1. The molecule has 3 aromatic rings. The van der Waals surface area contributed by atoms with Crippen molar-refractivity contribution in [3.63, 3.8) is 0 Å². The lowest BCUT2D eigenvalue weighted by molar-refractivity contribution is 0.319. The Labute approximate surface area is 138 Å². The maximum Gasteiger partial charge on any atom is 0.119 e. The van der Waals surface area contributed by atoms with Gasteiger partial charge < -0.3 is 9.72 Å². The maximum absolute atomic E-state index is 5.69. The fraction of sp³-hybridized carbons (Fsp3) is 0.167. The van der Waals surface area contributed by atoms with Gasteiger partial charge in [-0.15, -0.1) is 0 Å². The van der Waals surface area contributed by atoms with Crippen molar-refractivity contribution >= 4 is 15.9 Å². The van der Waals surface area contributed by atoms with E-state index in [-0.39, 0.29) is 0 Å². The summed E-state index contributed by atoms with van der Waals surface area (Å²) in [6.07, 6.45) is 3.54. The quantitative estimate of drug-likeness (QED) is 0.711. The van der Waals surface area contributed by atoms with Crippen LogP contribution in [0.25, 0.3) is 0 Å². The molecule has 0 bridgehead atoms. The standard InChI is InChI=1S/C18H17BrN2O/c19-15-8-6-14(7-9-15)12-16-13-20-18(21-16)10-11-22-17-4-2-1-3-5-17/h1-9,13H,10-12H2,(H,20,21). The van der Waals surface area contributed by atoms with Crippen molar-refractivity contribution in [1.82, 2.24) is 9.97 Å². The Morgan fingerprint density at radius 3 is 2.55 bits per heavy atom. The third-order valence-electron chi connectivity index (χ3n) is 3.34. The van der Waals surface area contributed by atoms with Crippen LogP contribution in [0, 0.1) is 0 Å². The number of benzene rings is 2. The number of hydrogen-bond donors (Lipinski definition) is 1. The second-order valence-electron chi connectivity index (χ2n) is 5.07. The van der Waals surface area contributed by atoms with Gasteiger partial charge in [0.1, 0.15) is 11.6 Å². The Balaban J connectivity index is 1.51. The lowest BCUT2D eigenvalue weighted by Gasteiger charge is -2.04. The van der Waals surface area contributed by atoms with E-state index in [9.17, 15) is 0 Å². The van der Waals surface area contributed by atoms with E-state index in [1.165, 1.54) is 5.56 Å². The van der Waals surface area contributed by atoms with Crippen molar-refractivity contribution in [2.45, 2.75) is 12.8 Å². The maximum atomic E-state index is 5.69. The number of para-hydroxylation sites is 1. The average Bonchev–Trinajstić information content (AvgIpc) is 2.98. The van der Waals surface area contributed by atoms with Crippen LogP contribution >= 0.6 is 15.9 Å². The molecule has 1 N–H and O–H groups in total. The summed E-state index contributed by atoms with van der Waals surface area (Å²) in [4.78, 5) is 7.78. The molecule has 0 amide bonds. The Morgan fingerprint density at radius 2 is 1.77 bits per heavy atom. The van der Waals surface area contributed by atoms with Crippen LogP contribution in [0.5, 0.6) is 5.75 Å². The topological polar surface area (TPSA) is 37.9 Å². The van der Waals surface area contributed by atoms with Crippen LogP contribution in [0.15, 0.2) is 65.3 Å². The zero-order valence-electron chi connectivity index (χ0n) is 12.1. The monoisotopic (exact) mass is 356 g/mol. The molecular formula is C18H17BrN2O. The minimum absolute atomic E-state index is 0.620. The smallest absolute Gasteiger partial charge is 0.119 e. The molecule has 4 heteroatoms. The molecule has 22 heavy (non-hydrogen) atoms. The van der Waals surface area contributed by atoms with E-state index in [4.69, 9.17) is 4.74 Å². The van der Waals surface area contributed by atoms with E-state index in [1.54, 1.807) is 0 Å². The molecule has 112 valence electrons. The molecule has 0 saturated heterocycles. The zero-order chi connectivity index (χ0) is 15.2. The summed E-state index contributed by atoms with van der Waals surface area (Å²) < 4.78 is 6.78. The third-order valence-corrected chi connectivity index (χ3v) is 3.87. The number of nitrogens with zero attached hydrogens (tertiary/aromatic N) is 1. The van der Waals surface area contributed by atoms with Gasteiger partial charge in [-0.3, -0.25) is 0 Å². The minimum atomic E-state index is 0.620. The Kier molecular flexibility index (Phi) is 4.91. The largest absolute Gasteiger partial charge is 0.493 e. The first-order valence-corrected chi connectivity index (χ1v) is 8.04. The van der Waals surface area contributed by atoms with Gasteiger partial charge in [-0.1, -0.05) is 46.3 Å². The van der Waals surface area contributed by atoms with Crippen molar-refractivity contribution in [2.75, 3.05) is 6.61 Å². The van der Waals surface area contributed by atoms with Gasteiger partial charge >= 0.3 is 0 Å². The molecule has 0 spiro atoms. The van der Waals surface area contributed by atoms with Gasteiger partial charge in [0.25, 0.3) is 0 Å². The molecule has 2 aromatic carbocycles. The Bertz CT molecular complexity index is 707. The van der Waals surface area contributed by atoms with Gasteiger partial charge in [0, 0.05) is 29.2 Å². The molecule has 1 aromatic heterocycles. The summed E-state index contributed by atoms with van der Waals surface area (Å²) in [7, 11) is 0. The highest BCUT2D eigenvalue weighted by molar-refractivity contribution is 9.10. The molecule has 3 rings (SSSR count). The van der Waals surface area contributed by atoms with Crippen molar-refractivity contribution in [3.05, 3.63) is 82.3 Å². The predicted octanol–water partition coefficient (Wildman–Crippen LogP) is 4.38. The molecule has 3 nitrogen and oxygen atoms in total. The Morgan fingerprint density at radius 1 is 1.00 bits per heavy atom. The second-order valence-corrected chi connectivity index (χ2v) is 5.99. The predicted molar refractivity (Wildman–Crippen MR) is 91.2 cm³/mol. The fourth-order valence-electron chi connectivity index (χ4n) is 2.23. The van der Waals surface area contributed by atoms with Crippen LogP contribution in [0.3, 0.4) is 0 Å². The minimum Gasteiger partial charge on any atom is -0.493 e. The SMILES string of the molecule is Brc1ccc(Cc2cnc(CCOc3ccccc3)[nH]2)cc1. The van der Waals surface area contributed by atoms with Crippen molar-refractivity contribution in [1.29, 1.82) is 0 Å². The number of nitrogens with one attached hydrogen (secondary N) is 1. The molecule has 0 saturated carbocycles. The van der Waals surface area contributed by atoms with Crippen LogP contribution in [0.1, 0.15) is 17.1 Å². The molecule has 0 unspecified atom stereocenters. The first-order chi connectivity index (χ1) is 10.8. The van der Waals surface area contributed by atoms with Gasteiger partial charge in [-0.2, -0.15) is 0 Å². The second kappa shape index (κ2) is 7.27. The molecule has 0 radical (unpaired) electrons. The first kappa shape index (κ1) is 14.9. The van der Waals surface area contributed by atoms with E-state index >= 15 is 0 Å². The van der Waals surface area contributed by atoms with Gasteiger partial charge in [-0.25, -0.2) is 4.98 Å². The van der Waals surface area contributed by atoms with E-state index in [0.29, 0.717) is 6.61 Å². The molecule has 1 heterocycles. The Hall–Kier alpha value is -2.07. The average molecular weight is 357 g/mol. The summed E-state index contributed by atoms with van der Waals surface area (Å²) in [5.41, 5.74) is 2.39. The summed E-state index contributed by atoms with van der Waals surface area (Å²) in [6, 6.07) is 18.2. The summed E-state index contributed by atoms with van der Waals surface area (Å²) >= 11 is 3.45. The third kappa shape index (κ3) is 4.21. The first-order valence-electron chi connectivity index (χ1n) is 7.24. The summed E-state index contributed by atoms with van der Waals surface area (Å²) in [5.74, 6) is 1.85. The summed E-state index contributed by atoms with van der Waals surface area (Å²) in [6.45, 7) is 0.620. The van der Waals surface area contributed by atoms with Crippen LogP contribution in [0.2, 0.25) is 0 Å². The highest BCUT2D eigenvalue weighted by Crippen LogP contribution is 2.14. The molecule has 0 aliphatic carbocycles. The number of halogens is 1. The van der Waals surface area contributed by atoms with Gasteiger partial charge in [-0.05, 0) is 29.8 Å². The number of hydrogen-bond acceptors (Lipinski definition) is 2. The van der Waals surface area contributed by atoms with Gasteiger partial charge in [0.15, 0.2) is 0 Å². The highest BCUT2D eigenvalue weighted by Gasteiger charge is 2.03. The highest BCUT2D eigenvalue weighted by atomic mass is 79.9. The lowest BCUT2D eigenvalue weighted by Crippen LogP contribution is -2.02. The summed E-state index contributed by atoms with van der Waals surface area (Å²) in [5, 5.41) is 0. The lowest BCUT2D eigenvalue weighted by atomic mass is 10.1. The number of rotatable bonds is 6. The number of imidazole rings is 1. The van der Waals surface area contributed by atoms with Crippen molar-refractivity contribution in [2.24, 2.45) is 0 Å². The molecule has 0 atom stereocenters. The van der Waals surface area contributed by atoms with E-state index in [0.717, 1.165) is 34.6 Å². The van der Waals surface area contributed by atoms with Crippen molar-refractivity contribution in [3.8, 4) is 5.75 Å². The molecule has 0 aliphatic rings. The van der Waals surface area contributed by atoms with Crippen LogP contribution in [-0.2, 0) is 12.8 Å². The number of ether oxygens (including phenoxy) is 1. The van der Waals surface area contributed by atoms with E-state index < -0.39 is 0 Å². The molecular weight excluding hydrogens is 340 g/mol. The fourth-order valence-corrected chi connectivity index (χ4v) is 2.49.